The van der Waals surface area contributed by atoms with Crippen LogP contribution in [-0.4, -0.2) is 50.0 Å². The van der Waals surface area contributed by atoms with Crippen LogP contribution in [0.15, 0.2) is 54.9 Å². The summed E-state index contributed by atoms with van der Waals surface area (Å²) in [4.78, 5) is 18.5. The molecule has 150 valence electrons. The predicted molar refractivity (Wildman–Crippen MR) is 106 cm³/mol. The van der Waals surface area contributed by atoms with E-state index in [0.717, 1.165) is 11.4 Å². The van der Waals surface area contributed by atoms with E-state index in [0.29, 0.717) is 31.1 Å². The lowest BCUT2D eigenvalue weighted by atomic mass is 10.1. The molecular formula is C21H23N5O3. The van der Waals surface area contributed by atoms with Crippen molar-refractivity contribution >= 4 is 5.91 Å². The molecule has 1 fully saturated rings. The van der Waals surface area contributed by atoms with Crippen molar-refractivity contribution in [2.24, 2.45) is 0 Å². The molecular weight excluding hydrogens is 370 g/mol. The molecule has 8 heteroatoms. The first-order valence-electron chi connectivity index (χ1n) is 9.59. The Morgan fingerprint density at radius 1 is 1.17 bits per heavy atom. The Balaban J connectivity index is 1.28. The number of aromatic nitrogens is 4. The molecule has 3 heterocycles. The molecule has 0 bridgehead atoms. The zero-order chi connectivity index (χ0) is 20.2. The van der Waals surface area contributed by atoms with E-state index in [4.69, 9.17) is 9.47 Å². The maximum Gasteiger partial charge on any atom is 0.255 e. The fourth-order valence-corrected chi connectivity index (χ4v) is 3.02. The van der Waals surface area contributed by atoms with Crippen LogP contribution < -0.4 is 9.47 Å². The van der Waals surface area contributed by atoms with Crippen LogP contribution in [0.1, 0.15) is 35.9 Å². The van der Waals surface area contributed by atoms with E-state index in [1.54, 1.807) is 27.9 Å². The first kappa shape index (κ1) is 18.9. The highest BCUT2D eigenvalue weighted by atomic mass is 16.5. The van der Waals surface area contributed by atoms with Gasteiger partial charge in [0, 0.05) is 25.4 Å². The fraction of sp³-hybridized carbons (Fsp3) is 0.333. The summed E-state index contributed by atoms with van der Waals surface area (Å²) in [7, 11) is 0. The zero-order valence-corrected chi connectivity index (χ0v) is 16.4. The molecule has 0 radical (unpaired) electrons. The molecule has 1 saturated heterocycles. The lowest BCUT2D eigenvalue weighted by Gasteiger charge is -2.38. The average Bonchev–Trinajstić information content (AvgIpc) is 3.14. The molecule has 0 atom stereocenters. The Hall–Kier alpha value is -3.42. The number of pyridine rings is 1. The van der Waals surface area contributed by atoms with E-state index in [9.17, 15) is 4.79 Å². The largest absolute Gasteiger partial charge is 0.487 e. The number of nitrogens with zero attached hydrogens (tertiary/aromatic N) is 5. The normalized spacial score (nSPS) is 14.0. The van der Waals surface area contributed by atoms with E-state index in [1.165, 1.54) is 0 Å². The summed E-state index contributed by atoms with van der Waals surface area (Å²) in [6.45, 7) is 5.40. The number of benzene rings is 1. The number of ether oxygens (including phenoxy) is 2. The summed E-state index contributed by atoms with van der Waals surface area (Å²) in [6.07, 6.45) is 3.47. The molecule has 1 aromatic carbocycles. The highest BCUT2D eigenvalue weighted by Gasteiger charge is 2.33. The number of carbonyl (C=O) groups excluding carboxylic acids is 1. The van der Waals surface area contributed by atoms with E-state index < -0.39 is 0 Å². The van der Waals surface area contributed by atoms with Crippen LogP contribution in [-0.2, 0) is 6.61 Å². The van der Waals surface area contributed by atoms with Crippen LogP contribution >= 0.6 is 0 Å². The summed E-state index contributed by atoms with van der Waals surface area (Å²) in [5, 5.41) is 8.33. The Bertz CT molecular complexity index is 950. The molecule has 29 heavy (non-hydrogen) atoms. The Labute approximate surface area is 169 Å². The number of rotatable bonds is 7. The predicted octanol–water partition coefficient (Wildman–Crippen LogP) is 2.74. The summed E-state index contributed by atoms with van der Waals surface area (Å²) in [5.74, 6) is 1.27. The van der Waals surface area contributed by atoms with Crippen molar-refractivity contribution in [2.75, 3.05) is 13.1 Å². The molecule has 1 aliphatic heterocycles. The van der Waals surface area contributed by atoms with Gasteiger partial charge >= 0.3 is 0 Å². The van der Waals surface area contributed by atoms with E-state index in [2.05, 4.69) is 15.3 Å². The third kappa shape index (κ3) is 4.53. The van der Waals surface area contributed by atoms with Gasteiger partial charge in [0.2, 0.25) is 5.88 Å². The topological polar surface area (TPSA) is 82.4 Å². The lowest BCUT2D eigenvalue weighted by molar-refractivity contribution is 0.0498. The fourth-order valence-electron chi connectivity index (χ4n) is 3.02. The summed E-state index contributed by atoms with van der Waals surface area (Å²) in [6, 6.07) is 13.2. The monoisotopic (exact) mass is 393 g/mol. The number of hydrogen-bond acceptors (Lipinski definition) is 6. The van der Waals surface area contributed by atoms with Crippen LogP contribution in [0, 0.1) is 0 Å². The van der Waals surface area contributed by atoms with Crippen LogP contribution in [0.2, 0.25) is 0 Å². The van der Waals surface area contributed by atoms with Crippen molar-refractivity contribution in [1.29, 1.82) is 0 Å². The maximum absolute atomic E-state index is 12.6. The SMILES string of the molecule is CC(C)Oc1ccc(C(=O)N2CC(n3cc(COc4ccccc4)nn3)C2)cn1. The minimum atomic E-state index is -0.0439. The van der Waals surface area contributed by atoms with Crippen molar-refractivity contribution in [3.8, 4) is 11.6 Å². The third-order valence-electron chi connectivity index (χ3n) is 4.55. The van der Waals surface area contributed by atoms with Gasteiger partial charge in [-0.1, -0.05) is 23.4 Å². The van der Waals surface area contributed by atoms with Gasteiger partial charge < -0.3 is 14.4 Å². The lowest BCUT2D eigenvalue weighted by Crippen LogP contribution is -2.50. The molecule has 3 aromatic rings. The smallest absolute Gasteiger partial charge is 0.255 e. The van der Waals surface area contributed by atoms with Gasteiger partial charge in [0.15, 0.2) is 0 Å². The minimum absolute atomic E-state index is 0.0439. The molecule has 8 nitrogen and oxygen atoms in total. The van der Waals surface area contributed by atoms with Gasteiger partial charge in [-0.15, -0.1) is 5.10 Å². The number of amides is 1. The second kappa shape index (κ2) is 8.30. The Morgan fingerprint density at radius 2 is 1.97 bits per heavy atom. The van der Waals surface area contributed by atoms with Crippen molar-refractivity contribution < 1.29 is 14.3 Å². The molecule has 1 amide bonds. The van der Waals surface area contributed by atoms with Crippen LogP contribution in [0.25, 0.3) is 0 Å². The van der Waals surface area contributed by atoms with Crippen molar-refractivity contribution in [2.45, 2.75) is 32.6 Å². The van der Waals surface area contributed by atoms with Gasteiger partial charge in [0.25, 0.3) is 5.91 Å². The number of carbonyl (C=O) groups is 1. The number of likely N-dealkylation sites (tertiary alicyclic amines) is 1. The quantitative estimate of drug-likeness (QED) is 0.614. The summed E-state index contributed by atoms with van der Waals surface area (Å²) >= 11 is 0. The molecule has 0 unspecified atom stereocenters. The molecule has 4 rings (SSSR count). The van der Waals surface area contributed by atoms with E-state index >= 15 is 0 Å². The third-order valence-corrected chi connectivity index (χ3v) is 4.55. The van der Waals surface area contributed by atoms with Gasteiger partial charge in [-0.05, 0) is 32.0 Å². The maximum atomic E-state index is 12.6. The number of hydrogen-bond donors (Lipinski definition) is 0. The molecule has 1 aliphatic rings. The first-order chi connectivity index (χ1) is 14.1. The molecule has 0 aliphatic carbocycles. The molecule has 0 saturated carbocycles. The van der Waals surface area contributed by atoms with Crippen LogP contribution in [0.5, 0.6) is 11.6 Å². The van der Waals surface area contributed by atoms with Gasteiger partial charge in [0.1, 0.15) is 18.1 Å². The van der Waals surface area contributed by atoms with Crippen molar-refractivity contribution in [3.63, 3.8) is 0 Å². The molecule has 2 aromatic heterocycles. The zero-order valence-electron chi connectivity index (χ0n) is 16.4. The summed E-state index contributed by atoms with van der Waals surface area (Å²) < 4.78 is 13.0. The first-order valence-corrected chi connectivity index (χ1v) is 9.59. The van der Waals surface area contributed by atoms with Crippen molar-refractivity contribution in [1.82, 2.24) is 24.9 Å². The van der Waals surface area contributed by atoms with Crippen LogP contribution in [0.4, 0.5) is 0 Å². The van der Waals surface area contributed by atoms with Gasteiger partial charge in [-0.3, -0.25) is 4.79 Å². The molecule has 0 N–H and O–H groups in total. The van der Waals surface area contributed by atoms with Crippen molar-refractivity contribution in [3.05, 3.63) is 66.1 Å². The van der Waals surface area contributed by atoms with Gasteiger partial charge in [0.05, 0.1) is 23.9 Å². The minimum Gasteiger partial charge on any atom is -0.487 e. The number of para-hydroxylation sites is 1. The molecule has 0 spiro atoms. The van der Waals surface area contributed by atoms with E-state index in [1.807, 2.05) is 50.4 Å². The van der Waals surface area contributed by atoms with Gasteiger partial charge in [-0.2, -0.15) is 0 Å². The second-order valence-electron chi connectivity index (χ2n) is 7.21. The Morgan fingerprint density at radius 3 is 2.66 bits per heavy atom. The Kier molecular flexibility index (Phi) is 5.41. The second-order valence-corrected chi connectivity index (χ2v) is 7.21. The standard InChI is InChI=1S/C21H23N5O3/c1-15(2)29-20-9-8-16(10-22-20)21(27)25-12-18(13-25)26-11-17(23-24-26)14-28-19-6-4-3-5-7-19/h3-11,15,18H,12-14H2,1-2H3. The van der Waals surface area contributed by atoms with Gasteiger partial charge in [-0.25, -0.2) is 9.67 Å². The van der Waals surface area contributed by atoms with Crippen LogP contribution in [0.3, 0.4) is 0 Å². The highest BCUT2D eigenvalue weighted by Crippen LogP contribution is 2.23. The highest BCUT2D eigenvalue weighted by molar-refractivity contribution is 5.94. The average molecular weight is 393 g/mol. The van der Waals surface area contributed by atoms with E-state index in [-0.39, 0.29) is 18.1 Å². The summed E-state index contributed by atoms with van der Waals surface area (Å²) in [5.41, 5.74) is 1.30.